The molecule has 1 amide bonds. The number of hydrogen-bond acceptors (Lipinski definition) is 5. The van der Waals surface area contributed by atoms with E-state index < -0.39 is 12.1 Å². The van der Waals surface area contributed by atoms with Crippen molar-refractivity contribution >= 4 is 11.9 Å². The van der Waals surface area contributed by atoms with Crippen LogP contribution in [0.2, 0.25) is 0 Å². The quantitative estimate of drug-likeness (QED) is 0.558. The highest BCUT2D eigenvalue weighted by molar-refractivity contribution is 5.83. The number of amides is 1. The van der Waals surface area contributed by atoms with Crippen molar-refractivity contribution in [3.05, 3.63) is 30.3 Å². The number of carbonyl (C=O) groups excluding carboxylic acids is 2. The van der Waals surface area contributed by atoms with Gasteiger partial charge < -0.3 is 14.4 Å². The molecule has 1 aromatic rings. The Hall–Kier alpha value is -2.55. The molecule has 1 aromatic carbocycles. The zero-order chi connectivity index (χ0) is 21.8. The van der Waals surface area contributed by atoms with Crippen LogP contribution in [0, 0.1) is 29.1 Å². The van der Waals surface area contributed by atoms with Gasteiger partial charge in [-0.2, -0.15) is 5.26 Å². The van der Waals surface area contributed by atoms with E-state index in [-0.39, 0.29) is 18.1 Å². The number of carbonyl (C=O) groups is 2. The smallest absolute Gasteiger partial charge is 0.347 e. The molecule has 0 unspecified atom stereocenters. The molecule has 6 nitrogen and oxygen atoms in total. The number of para-hydroxylation sites is 1. The fraction of sp³-hybridized carbons (Fsp3) is 0.640. The van der Waals surface area contributed by atoms with Crippen molar-refractivity contribution in [3.8, 4) is 11.8 Å². The molecule has 6 heteroatoms. The van der Waals surface area contributed by atoms with Gasteiger partial charge in [-0.25, -0.2) is 4.79 Å². The lowest BCUT2D eigenvalue weighted by molar-refractivity contribution is -0.165. The van der Waals surface area contributed by atoms with Gasteiger partial charge in [-0.15, -0.1) is 0 Å². The van der Waals surface area contributed by atoms with E-state index in [0.717, 1.165) is 19.3 Å². The van der Waals surface area contributed by atoms with E-state index in [4.69, 9.17) is 14.7 Å². The summed E-state index contributed by atoms with van der Waals surface area (Å²) in [7, 11) is 0. The SMILES string of the molecule is CC[C@H](Oc1ccccc1)C(=O)OCC(=O)N(CCC#N)C12CC3CC(CC(C3)C1)C2. The first-order chi connectivity index (χ1) is 15.0. The fourth-order valence-electron chi connectivity index (χ4n) is 6.45. The molecule has 0 heterocycles. The minimum Gasteiger partial charge on any atom is -0.479 e. The molecule has 1 atom stereocenters. The molecule has 4 fully saturated rings. The highest BCUT2D eigenvalue weighted by Crippen LogP contribution is 2.57. The topological polar surface area (TPSA) is 79.6 Å². The van der Waals surface area contributed by atoms with Crippen molar-refractivity contribution < 1.29 is 19.1 Å². The zero-order valence-electron chi connectivity index (χ0n) is 18.3. The van der Waals surface area contributed by atoms with Crippen LogP contribution in [0.4, 0.5) is 0 Å². The summed E-state index contributed by atoms with van der Waals surface area (Å²) in [5, 5.41) is 9.15. The van der Waals surface area contributed by atoms with Crippen molar-refractivity contribution in [1.29, 1.82) is 5.26 Å². The van der Waals surface area contributed by atoms with E-state index in [1.165, 1.54) is 19.3 Å². The van der Waals surface area contributed by atoms with Gasteiger partial charge in [0.2, 0.25) is 0 Å². The maximum Gasteiger partial charge on any atom is 0.347 e. The third-order valence-corrected chi connectivity index (χ3v) is 7.32. The summed E-state index contributed by atoms with van der Waals surface area (Å²) in [6.45, 7) is 1.97. The molecule has 4 aliphatic rings. The van der Waals surface area contributed by atoms with Gasteiger partial charge in [0.1, 0.15) is 5.75 Å². The zero-order valence-corrected chi connectivity index (χ0v) is 18.3. The van der Waals surface area contributed by atoms with Crippen LogP contribution in [0.15, 0.2) is 30.3 Å². The molecular weight excluding hydrogens is 392 g/mol. The molecule has 0 radical (unpaired) electrons. The van der Waals surface area contributed by atoms with Gasteiger partial charge in [0.15, 0.2) is 12.7 Å². The van der Waals surface area contributed by atoms with E-state index in [2.05, 4.69) is 6.07 Å². The second-order valence-corrected chi connectivity index (χ2v) is 9.53. The maximum atomic E-state index is 13.2. The van der Waals surface area contributed by atoms with Gasteiger partial charge in [0.25, 0.3) is 5.91 Å². The van der Waals surface area contributed by atoms with Crippen molar-refractivity contribution in [2.75, 3.05) is 13.2 Å². The molecule has 4 aliphatic carbocycles. The molecule has 4 bridgehead atoms. The first kappa shape index (κ1) is 21.7. The highest BCUT2D eigenvalue weighted by atomic mass is 16.6. The Morgan fingerprint density at radius 2 is 1.74 bits per heavy atom. The van der Waals surface area contributed by atoms with Crippen LogP contribution in [0.3, 0.4) is 0 Å². The van der Waals surface area contributed by atoms with Gasteiger partial charge >= 0.3 is 5.97 Å². The van der Waals surface area contributed by atoms with Crippen molar-refractivity contribution in [3.63, 3.8) is 0 Å². The average molecular weight is 425 g/mol. The Kier molecular flexibility index (Phi) is 6.50. The van der Waals surface area contributed by atoms with Crippen molar-refractivity contribution in [2.24, 2.45) is 17.8 Å². The van der Waals surface area contributed by atoms with Crippen LogP contribution < -0.4 is 4.74 Å². The number of esters is 1. The van der Waals surface area contributed by atoms with Gasteiger partial charge in [-0.1, -0.05) is 25.1 Å². The third kappa shape index (κ3) is 4.71. The minimum absolute atomic E-state index is 0.153. The summed E-state index contributed by atoms with van der Waals surface area (Å²) in [6, 6.07) is 11.3. The van der Waals surface area contributed by atoms with Gasteiger partial charge in [0, 0.05) is 12.1 Å². The van der Waals surface area contributed by atoms with Crippen LogP contribution >= 0.6 is 0 Å². The second-order valence-electron chi connectivity index (χ2n) is 9.53. The average Bonchev–Trinajstić information content (AvgIpc) is 2.75. The molecule has 5 rings (SSSR count). The molecule has 166 valence electrons. The second kappa shape index (κ2) is 9.30. The van der Waals surface area contributed by atoms with Gasteiger partial charge in [0.05, 0.1) is 12.5 Å². The molecule has 4 saturated carbocycles. The highest BCUT2D eigenvalue weighted by Gasteiger charge is 2.54. The Labute approximate surface area is 184 Å². The van der Waals surface area contributed by atoms with Gasteiger partial charge in [-0.05, 0) is 74.8 Å². The number of nitrogens with zero attached hydrogens (tertiary/aromatic N) is 2. The summed E-state index contributed by atoms with van der Waals surface area (Å²) in [4.78, 5) is 27.7. The molecule has 0 aliphatic heterocycles. The Bertz CT molecular complexity index is 796. The normalized spacial score (nSPS) is 29.1. The minimum atomic E-state index is -0.748. The molecule has 0 N–H and O–H groups in total. The number of benzene rings is 1. The van der Waals surface area contributed by atoms with E-state index in [1.54, 1.807) is 12.1 Å². The first-order valence-electron chi connectivity index (χ1n) is 11.6. The molecular formula is C25H32N2O4. The predicted octanol–water partition coefficient (Wildman–Crippen LogP) is 4.10. The number of rotatable bonds is 9. The largest absolute Gasteiger partial charge is 0.479 e. The standard InChI is InChI=1S/C25H32N2O4/c1-2-22(31-21-7-4-3-5-8-21)24(29)30-17-23(28)27(10-6-9-26)25-14-18-11-19(15-25)13-20(12-18)16-25/h3-5,7-8,18-20,22H,2,6,10-17H2,1H3/t18?,19?,20?,22-,25?/m0/s1. The van der Waals surface area contributed by atoms with Crippen molar-refractivity contribution in [1.82, 2.24) is 4.90 Å². The van der Waals surface area contributed by atoms with E-state index in [1.807, 2.05) is 30.0 Å². The number of ether oxygens (including phenoxy) is 2. The number of hydrogen-bond donors (Lipinski definition) is 0. The first-order valence-corrected chi connectivity index (χ1v) is 11.6. The molecule has 0 spiro atoms. The van der Waals surface area contributed by atoms with E-state index in [9.17, 15) is 9.59 Å². The lowest BCUT2D eigenvalue weighted by Gasteiger charge is -2.60. The Morgan fingerprint density at radius 3 is 2.29 bits per heavy atom. The fourth-order valence-corrected chi connectivity index (χ4v) is 6.45. The van der Waals surface area contributed by atoms with Crippen LogP contribution in [-0.4, -0.2) is 41.6 Å². The predicted molar refractivity (Wildman–Crippen MR) is 115 cm³/mol. The summed E-state index contributed by atoms with van der Waals surface area (Å²) >= 11 is 0. The van der Waals surface area contributed by atoms with Crippen molar-refractivity contribution in [2.45, 2.75) is 69.9 Å². The molecule has 0 aromatic heterocycles. The van der Waals surface area contributed by atoms with Crippen LogP contribution in [0.1, 0.15) is 58.3 Å². The van der Waals surface area contributed by atoms with E-state index >= 15 is 0 Å². The monoisotopic (exact) mass is 424 g/mol. The molecule has 31 heavy (non-hydrogen) atoms. The summed E-state index contributed by atoms with van der Waals surface area (Å²) < 4.78 is 11.2. The Morgan fingerprint density at radius 1 is 1.13 bits per heavy atom. The summed E-state index contributed by atoms with van der Waals surface area (Å²) in [5.74, 6) is 1.96. The van der Waals surface area contributed by atoms with Crippen LogP contribution in [0.5, 0.6) is 5.75 Å². The summed E-state index contributed by atoms with van der Waals surface area (Å²) in [5.41, 5.74) is -0.153. The van der Waals surface area contributed by atoms with Crippen LogP contribution in [0.25, 0.3) is 0 Å². The lowest BCUT2D eigenvalue weighted by Crippen LogP contribution is -2.62. The Balaban J connectivity index is 1.40. The third-order valence-electron chi connectivity index (χ3n) is 7.32. The lowest BCUT2D eigenvalue weighted by atomic mass is 9.52. The van der Waals surface area contributed by atoms with E-state index in [0.29, 0.717) is 42.9 Å². The van der Waals surface area contributed by atoms with Crippen LogP contribution in [-0.2, 0) is 14.3 Å². The number of nitriles is 1. The molecule has 0 saturated heterocycles. The summed E-state index contributed by atoms with van der Waals surface area (Å²) in [6.07, 6.45) is 6.93. The maximum absolute atomic E-state index is 13.2. The van der Waals surface area contributed by atoms with Gasteiger partial charge in [-0.3, -0.25) is 4.79 Å².